The van der Waals surface area contributed by atoms with E-state index in [9.17, 15) is 17.2 Å². The van der Waals surface area contributed by atoms with Crippen LogP contribution in [0.25, 0.3) is 17.1 Å². The van der Waals surface area contributed by atoms with Crippen LogP contribution in [0.1, 0.15) is 17.5 Å². The molecule has 9 heteroatoms. The zero-order chi connectivity index (χ0) is 19.0. The molecule has 0 amide bonds. The van der Waals surface area contributed by atoms with Crippen molar-refractivity contribution in [2.24, 2.45) is 0 Å². The average Bonchev–Trinajstić information content (AvgIpc) is 3.10. The van der Waals surface area contributed by atoms with E-state index < -0.39 is 16.6 Å². The number of nitrogens with one attached hydrogen (secondary N) is 2. The van der Waals surface area contributed by atoms with Gasteiger partial charge in [0.15, 0.2) is 0 Å². The first-order valence-electron chi connectivity index (χ1n) is 8.15. The Hall–Kier alpha value is -2.94. The highest BCUT2D eigenvalue weighted by molar-refractivity contribution is 7.96. The number of H-pyrrole nitrogens is 1. The number of para-hydroxylation sites is 1. The van der Waals surface area contributed by atoms with Crippen molar-refractivity contribution in [1.82, 2.24) is 9.97 Å². The van der Waals surface area contributed by atoms with E-state index in [1.807, 2.05) is 0 Å². The van der Waals surface area contributed by atoms with Gasteiger partial charge in [-0.1, -0.05) is 12.1 Å². The lowest BCUT2D eigenvalue weighted by molar-refractivity contribution is -0.0498. The highest BCUT2D eigenvalue weighted by Gasteiger charge is 2.23. The Bertz CT molecular complexity index is 1140. The molecule has 0 radical (unpaired) electrons. The summed E-state index contributed by atoms with van der Waals surface area (Å²) in [6.07, 6.45) is 3.72. The number of anilines is 1. The second-order valence-electron chi connectivity index (χ2n) is 6.06. The molecule has 1 aliphatic rings. The fraction of sp³-hybridized carbons (Fsp3) is 0.167. The minimum Gasteiger partial charge on any atom is -0.435 e. The molecule has 6 nitrogen and oxygen atoms in total. The summed E-state index contributed by atoms with van der Waals surface area (Å²) in [5.74, 6) is 0.0618. The van der Waals surface area contributed by atoms with Crippen LogP contribution in [-0.4, -0.2) is 25.0 Å². The fourth-order valence-corrected chi connectivity index (χ4v) is 4.33. The number of sulfonamides is 1. The molecule has 140 valence electrons. The number of aryl methyl sites for hydroxylation is 1. The van der Waals surface area contributed by atoms with Gasteiger partial charge in [0.25, 0.3) is 10.0 Å². The molecule has 1 aromatic heterocycles. The summed E-state index contributed by atoms with van der Waals surface area (Å²) >= 11 is 0. The number of benzene rings is 2. The molecule has 0 aliphatic heterocycles. The molecule has 4 rings (SSSR count). The third-order valence-electron chi connectivity index (χ3n) is 4.34. The highest BCUT2D eigenvalue weighted by atomic mass is 32.2. The van der Waals surface area contributed by atoms with Crippen molar-refractivity contribution >= 4 is 32.8 Å². The van der Waals surface area contributed by atoms with Crippen LogP contribution >= 0.6 is 0 Å². The predicted molar refractivity (Wildman–Crippen MR) is 98.0 cm³/mol. The number of aromatic amines is 1. The van der Waals surface area contributed by atoms with Crippen molar-refractivity contribution in [3.63, 3.8) is 0 Å². The van der Waals surface area contributed by atoms with Crippen molar-refractivity contribution in [2.45, 2.75) is 19.5 Å². The lowest BCUT2D eigenvalue weighted by Gasteiger charge is -2.18. The summed E-state index contributed by atoms with van der Waals surface area (Å²) in [6.45, 7) is -2.90. The summed E-state index contributed by atoms with van der Waals surface area (Å²) in [4.78, 5) is 7.30. The van der Waals surface area contributed by atoms with Gasteiger partial charge in [-0.3, -0.25) is 4.72 Å². The van der Waals surface area contributed by atoms with E-state index >= 15 is 0 Å². The molecule has 3 aromatic rings. The van der Waals surface area contributed by atoms with Crippen molar-refractivity contribution in [3.8, 4) is 5.75 Å². The van der Waals surface area contributed by atoms with E-state index in [2.05, 4.69) is 19.4 Å². The number of hydrogen-bond acceptors (Lipinski definition) is 4. The van der Waals surface area contributed by atoms with E-state index in [-0.39, 0.29) is 17.1 Å². The molecule has 0 unspecified atom stereocenters. The van der Waals surface area contributed by atoms with E-state index in [1.165, 1.54) is 18.5 Å². The first kappa shape index (κ1) is 17.5. The van der Waals surface area contributed by atoms with Gasteiger partial charge < -0.3 is 9.72 Å². The van der Waals surface area contributed by atoms with Crippen LogP contribution < -0.4 is 9.46 Å². The number of imidazole rings is 1. The molecule has 1 aliphatic carbocycles. The Morgan fingerprint density at radius 2 is 2.04 bits per heavy atom. The number of ether oxygens (including phenoxy) is 1. The largest absolute Gasteiger partial charge is 0.435 e. The van der Waals surface area contributed by atoms with Crippen molar-refractivity contribution in [3.05, 3.63) is 58.8 Å². The SMILES string of the molecule is O=S(=O)(Nc1cccc2[nH]cnc12)C1=Cc2ccc(OC(F)F)cc2CC1. The summed E-state index contributed by atoms with van der Waals surface area (Å²) in [7, 11) is -3.77. The molecule has 27 heavy (non-hydrogen) atoms. The van der Waals surface area contributed by atoms with Gasteiger partial charge in [-0.25, -0.2) is 13.4 Å². The van der Waals surface area contributed by atoms with Crippen LogP contribution in [0, 0.1) is 0 Å². The molecule has 0 fully saturated rings. The van der Waals surface area contributed by atoms with Crippen LogP contribution in [0.5, 0.6) is 5.75 Å². The maximum absolute atomic E-state index is 12.8. The van der Waals surface area contributed by atoms with Gasteiger partial charge in [-0.15, -0.1) is 0 Å². The first-order chi connectivity index (χ1) is 12.9. The summed E-state index contributed by atoms with van der Waals surface area (Å²) < 4.78 is 57.3. The zero-order valence-electron chi connectivity index (χ0n) is 13.9. The third kappa shape index (κ3) is 3.50. The minimum absolute atomic E-state index is 0.0618. The molecule has 2 N–H and O–H groups in total. The molecule has 0 saturated carbocycles. The molecule has 2 aromatic carbocycles. The number of nitrogens with zero attached hydrogens (tertiary/aromatic N) is 1. The van der Waals surface area contributed by atoms with Crippen molar-refractivity contribution in [1.29, 1.82) is 0 Å². The fourth-order valence-electron chi connectivity index (χ4n) is 3.09. The van der Waals surface area contributed by atoms with Gasteiger partial charge in [-0.05, 0) is 54.3 Å². The standard InChI is InChI=1S/C18H15F2N3O3S/c19-18(20)26-13-6-4-12-9-14(7-5-11(12)8-13)27(24,25)23-16-3-1-2-15-17(16)22-10-21-15/h1-4,6,8-10,18,23H,5,7H2,(H,21,22). The topological polar surface area (TPSA) is 84.1 Å². The first-order valence-corrected chi connectivity index (χ1v) is 9.64. The van der Waals surface area contributed by atoms with Gasteiger partial charge in [-0.2, -0.15) is 8.78 Å². The monoisotopic (exact) mass is 391 g/mol. The smallest absolute Gasteiger partial charge is 0.387 e. The number of alkyl halides is 2. The average molecular weight is 391 g/mol. The number of hydrogen-bond donors (Lipinski definition) is 2. The number of halogens is 2. The van der Waals surface area contributed by atoms with Gasteiger partial charge in [0.05, 0.1) is 22.4 Å². The molecule has 0 atom stereocenters. The number of fused-ring (bicyclic) bond motifs is 2. The number of rotatable bonds is 5. The Kier molecular flexibility index (Phi) is 4.31. The van der Waals surface area contributed by atoms with Gasteiger partial charge >= 0.3 is 6.61 Å². The maximum atomic E-state index is 12.8. The van der Waals surface area contributed by atoms with Crippen LogP contribution in [0.2, 0.25) is 0 Å². The second kappa shape index (κ2) is 6.66. The molecule has 0 saturated heterocycles. The van der Waals surface area contributed by atoms with Crippen LogP contribution in [0.4, 0.5) is 14.5 Å². The van der Waals surface area contributed by atoms with Crippen molar-refractivity contribution in [2.75, 3.05) is 4.72 Å². The molecular weight excluding hydrogens is 376 g/mol. The Labute approximate surface area is 153 Å². The molecular formula is C18H15F2N3O3S. The molecule has 0 bridgehead atoms. The van der Waals surface area contributed by atoms with Crippen LogP contribution in [0.3, 0.4) is 0 Å². The maximum Gasteiger partial charge on any atom is 0.387 e. The van der Waals surface area contributed by atoms with Gasteiger partial charge in [0.2, 0.25) is 0 Å². The lowest BCUT2D eigenvalue weighted by atomic mass is 9.97. The van der Waals surface area contributed by atoms with E-state index in [4.69, 9.17) is 0 Å². The predicted octanol–water partition coefficient (Wildman–Crippen LogP) is 3.89. The third-order valence-corrected chi connectivity index (χ3v) is 5.84. The lowest BCUT2D eigenvalue weighted by Crippen LogP contribution is -2.17. The normalized spacial score (nSPS) is 14.1. The summed E-state index contributed by atoms with van der Waals surface area (Å²) in [5, 5.41) is 0. The molecule has 0 spiro atoms. The van der Waals surface area contributed by atoms with E-state index in [1.54, 1.807) is 30.3 Å². The Morgan fingerprint density at radius 1 is 1.19 bits per heavy atom. The highest BCUT2D eigenvalue weighted by Crippen LogP contribution is 2.31. The Balaban J connectivity index is 1.63. The Morgan fingerprint density at radius 3 is 2.85 bits per heavy atom. The summed E-state index contributed by atoms with van der Waals surface area (Å²) in [5.41, 5.74) is 3.08. The van der Waals surface area contributed by atoms with Gasteiger partial charge in [0, 0.05) is 0 Å². The van der Waals surface area contributed by atoms with E-state index in [0.717, 1.165) is 11.1 Å². The van der Waals surface area contributed by atoms with Crippen LogP contribution in [0.15, 0.2) is 47.6 Å². The van der Waals surface area contributed by atoms with E-state index in [0.29, 0.717) is 23.2 Å². The zero-order valence-corrected chi connectivity index (χ0v) is 14.8. The van der Waals surface area contributed by atoms with Crippen LogP contribution in [-0.2, 0) is 16.4 Å². The van der Waals surface area contributed by atoms with Crippen molar-refractivity contribution < 1.29 is 21.9 Å². The van der Waals surface area contributed by atoms with Gasteiger partial charge in [0.1, 0.15) is 11.3 Å². The number of allylic oxidation sites excluding steroid dienone is 1. The molecule has 1 heterocycles. The number of aromatic nitrogens is 2. The summed E-state index contributed by atoms with van der Waals surface area (Å²) in [6, 6.07) is 9.67. The second-order valence-corrected chi connectivity index (χ2v) is 7.79. The quantitative estimate of drug-likeness (QED) is 0.691. The minimum atomic E-state index is -3.77.